The van der Waals surface area contributed by atoms with Gasteiger partial charge in [-0.15, -0.1) is 0 Å². The molecule has 0 bridgehead atoms. The molecule has 0 unspecified atom stereocenters. The van der Waals surface area contributed by atoms with Crippen molar-refractivity contribution in [2.24, 2.45) is 0 Å². The van der Waals surface area contributed by atoms with Gasteiger partial charge in [0.1, 0.15) is 0 Å². The molecule has 21 heavy (non-hydrogen) atoms. The van der Waals surface area contributed by atoms with Gasteiger partial charge in [-0.05, 0) is 37.1 Å². The summed E-state index contributed by atoms with van der Waals surface area (Å²) in [6, 6.07) is 5.91. The van der Waals surface area contributed by atoms with Crippen LogP contribution in [0, 0.1) is 0 Å². The van der Waals surface area contributed by atoms with E-state index in [0.717, 1.165) is 23.8 Å². The SMILES string of the molecule is CN(C)S(=O)(=O)c1ccc(C(=O)NC[C@@H]2CCCO2)cc1. The maximum atomic E-state index is 12.0. The van der Waals surface area contributed by atoms with E-state index in [0.29, 0.717) is 12.1 Å². The Morgan fingerprint density at radius 2 is 2.00 bits per heavy atom. The first-order chi connectivity index (χ1) is 9.91. The van der Waals surface area contributed by atoms with Crippen molar-refractivity contribution in [3.05, 3.63) is 29.8 Å². The minimum Gasteiger partial charge on any atom is -0.376 e. The summed E-state index contributed by atoms with van der Waals surface area (Å²) in [6.45, 7) is 1.23. The first-order valence-corrected chi connectivity index (χ1v) is 8.27. The maximum Gasteiger partial charge on any atom is 0.251 e. The highest BCUT2D eigenvalue weighted by Crippen LogP contribution is 2.14. The van der Waals surface area contributed by atoms with Crippen molar-refractivity contribution < 1.29 is 17.9 Å². The minimum absolute atomic E-state index is 0.0855. The molecule has 7 heteroatoms. The summed E-state index contributed by atoms with van der Waals surface area (Å²) in [5, 5.41) is 2.80. The molecule has 1 aliphatic heterocycles. The Labute approximate surface area is 125 Å². The molecule has 2 rings (SSSR count). The van der Waals surface area contributed by atoms with Gasteiger partial charge in [0.25, 0.3) is 5.91 Å². The number of hydrogen-bond donors (Lipinski definition) is 1. The van der Waals surface area contributed by atoms with E-state index in [9.17, 15) is 13.2 Å². The molecule has 0 radical (unpaired) electrons. The summed E-state index contributed by atoms with van der Waals surface area (Å²) in [7, 11) is -0.524. The molecule has 0 aromatic heterocycles. The zero-order chi connectivity index (χ0) is 15.5. The lowest BCUT2D eigenvalue weighted by atomic mass is 10.2. The molecule has 0 spiro atoms. The van der Waals surface area contributed by atoms with Crippen LogP contribution in [-0.2, 0) is 14.8 Å². The normalized spacial score (nSPS) is 18.9. The average molecular weight is 312 g/mol. The van der Waals surface area contributed by atoms with Gasteiger partial charge in [0, 0.05) is 32.8 Å². The van der Waals surface area contributed by atoms with Crippen LogP contribution in [-0.4, -0.2) is 52.0 Å². The second-order valence-corrected chi connectivity index (χ2v) is 7.31. The first-order valence-electron chi connectivity index (χ1n) is 6.83. The lowest BCUT2D eigenvalue weighted by molar-refractivity contribution is 0.0857. The summed E-state index contributed by atoms with van der Waals surface area (Å²) >= 11 is 0. The molecule has 1 aromatic rings. The predicted molar refractivity (Wildman–Crippen MR) is 78.6 cm³/mol. The molecule has 1 aliphatic rings. The minimum atomic E-state index is -3.46. The van der Waals surface area contributed by atoms with E-state index in [1.807, 2.05) is 0 Å². The summed E-state index contributed by atoms with van der Waals surface area (Å²) in [5.41, 5.74) is 0.436. The molecular weight excluding hydrogens is 292 g/mol. The summed E-state index contributed by atoms with van der Waals surface area (Å²) < 4.78 is 30.4. The zero-order valence-electron chi connectivity index (χ0n) is 12.2. The molecule has 0 saturated carbocycles. The van der Waals surface area contributed by atoms with Gasteiger partial charge < -0.3 is 10.1 Å². The number of ether oxygens (including phenoxy) is 1. The van der Waals surface area contributed by atoms with Gasteiger partial charge >= 0.3 is 0 Å². The second kappa shape index (κ2) is 6.55. The first kappa shape index (κ1) is 15.9. The monoisotopic (exact) mass is 312 g/mol. The van der Waals surface area contributed by atoms with Crippen molar-refractivity contribution in [2.75, 3.05) is 27.2 Å². The fourth-order valence-electron chi connectivity index (χ4n) is 2.10. The third kappa shape index (κ3) is 3.81. The van der Waals surface area contributed by atoms with Gasteiger partial charge in [0.05, 0.1) is 11.0 Å². The summed E-state index contributed by atoms with van der Waals surface area (Å²) in [4.78, 5) is 12.1. The van der Waals surface area contributed by atoms with E-state index >= 15 is 0 Å². The van der Waals surface area contributed by atoms with Gasteiger partial charge in [0.2, 0.25) is 10.0 Å². The number of rotatable bonds is 5. The van der Waals surface area contributed by atoms with E-state index in [2.05, 4.69) is 5.32 Å². The Hall–Kier alpha value is -1.44. The van der Waals surface area contributed by atoms with Crippen molar-refractivity contribution in [3.8, 4) is 0 Å². The van der Waals surface area contributed by atoms with Crippen LogP contribution in [0.3, 0.4) is 0 Å². The van der Waals surface area contributed by atoms with Crippen molar-refractivity contribution >= 4 is 15.9 Å². The topological polar surface area (TPSA) is 75.7 Å². The number of carbonyl (C=O) groups excluding carboxylic acids is 1. The number of carbonyl (C=O) groups is 1. The number of nitrogens with one attached hydrogen (secondary N) is 1. The largest absolute Gasteiger partial charge is 0.376 e. The fourth-order valence-corrected chi connectivity index (χ4v) is 3.00. The maximum absolute atomic E-state index is 12.0. The molecule has 1 N–H and O–H groups in total. The highest BCUT2D eigenvalue weighted by molar-refractivity contribution is 7.89. The molecule has 1 atom stereocenters. The van der Waals surface area contributed by atoms with Gasteiger partial charge in [-0.25, -0.2) is 12.7 Å². The Morgan fingerprint density at radius 3 is 2.52 bits per heavy atom. The van der Waals surface area contributed by atoms with Crippen LogP contribution in [0.25, 0.3) is 0 Å². The van der Waals surface area contributed by atoms with Crippen molar-refractivity contribution in [1.82, 2.24) is 9.62 Å². The lowest BCUT2D eigenvalue weighted by Crippen LogP contribution is -2.31. The Morgan fingerprint density at radius 1 is 1.33 bits per heavy atom. The predicted octanol–water partition coefficient (Wildman–Crippen LogP) is 0.846. The molecule has 6 nitrogen and oxygen atoms in total. The third-order valence-electron chi connectivity index (χ3n) is 3.41. The molecule has 0 aliphatic carbocycles. The Bertz CT molecular complexity index is 590. The van der Waals surface area contributed by atoms with E-state index < -0.39 is 10.0 Å². The summed E-state index contributed by atoms with van der Waals surface area (Å²) in [6.07, 6.45) is 2.07. The van der Waals surface area contributed by atoms with Gasteiger partial charge in [-0.3, -0.25) is 4.79 Å². The number of sulfonamides is 1. The molecule has 1 heterocycles. The van der Waals surface area contributed by atoms with Gasteiger partial charge in [-0.1, -0.05) is 0 Å². The lowest BCUT2D eigenvalue weighted by Gasteiger charge is -2.12. The van der Waals surface area contributed by atoms with E-state index in [4.69, 9.17) is 4.74 Å². The number of benzene rings is 1. The second-order valence-electron chi connectivity index (χ2n) is 5.16. The van der Waals surface area contributed by atoms with Gasteiger partial charge in [-0.2, -0.15) is 0 Å². The van der Waals surface area contributed by atoms with E-state index in [1.165, 1.54) is 38.4 Å². The average Bonchev–Trinajstić information content (AvgIpc) is 2.98. The molecular formula is C14H20N2O4S. The number of amides is 1. The Balaban J connectivity index is 1.99. The number of hydrogen-bond acceptors (Lipinski definition) is 4. The van der Waals surface area contributed by atoms with Crippen LogP contribution in [0.4, 0.5) is 0 Å². The van der Waals surface area contributed by atoms with E-state index in [-0.39, 0.29) is 16.9 Å². The van der Waals surface area contributed by atoms with Crippen molar-refractivity contribution in [3.63, 3.8) is 0 Å². The smallest absolute Gasteiger partial charge is 0.251 e. The molecule has 1 fully saturated rings. The standard InChI is InChI=1S/C14H20N2O4S/c1-16(2)21(18,19)13-7-5-11(6-8-13)14(17)15-10-12-4-3-9-20-12/h5-8,12H,3-4,9-10H2,1-2H3,(H,15,17)/t12-/m0/s1. The molecule has 1 amide bonds. The quantitative estimate of drug-likeness (QED) is 0.874. The van der Waals surface area contributed by atoms with E-state index in [1.54, 1.807) is 0 Å². The zero-order valence-corrected chi connectivity index (χ0v) is 13.0. The van der Waals surface area contributed by atoms with Crippen molar-refractivity contribution in [2.45, 2.75) is 23.8 Å². The molecule has 116 valence electrons. The van der Waals surface area contributed by atoms with Crippen LogP contribution < -0.4 is 5.32 Å². The highest BCUT2D eigenvalue weighted by Gasteiger charge is 2.19. The highest BCUT2D eigenvalue weighted by atomic mass is 32.2. The molecule has 1 aromatic carbocycles. The van der Waals surface area contributed by atoms with Crippen LogP contribution in [0.2, 0.25) is 0 Å². The van der Waals surface area contributed by atoms with Crippen LogP contribution in [0.15, 0.2) is 29.2 Å². The fraction of sp³-hybridized carbons (Fsp3) is 0.500. The van der Waals surface area contributed by atoms with Gasteiger partial charge in [0.15, 0.2) is 0 Å². The third-order valence-corrected chi connectivity index (χ3v) is 5.24. The van der Waals surface area contributed by atoms with Crippen LogP contribution >= 0.6 is 0 Å². The number of nitrogens with zero attached hydrogens (tertiary/aromatic N) is 1. The van der Waals surface area contributed by atoms with Crippen molar-refractivity contribution in [1.29, 1.82) is 0 Å². The summed E-state index contributed by atoms with van der Waals surface area (Å²) in [5.74, 6) is -0.223. The van der Waals surface area contributed by atoms with Crippen LogP contribution in [0.5, 0.6) is 0 Å². The molecule has 1 saturated heterocycles. The Kier molecular flexibility index (Phi) is 4.97. The van der Waals surface area contributed by atoms with Crippen LogP contribution in [0.1, 0.15) is 23.2 Å².